The second kappa shape index (κ2) is 5.91. The molecule has 0 radical (unpaired) electrons. The van der Waals surface area contributed by atoms with E-state index in [4.69, 9.17) is 23.2 Å². The molecule has 0 aromatic heterocycles. The number of benzene rings is 2. The standard InChI is InChI=1S/C13H8BrCl2I/c14-13(9-3-1-2-4-12(9)17)8-5-6-10(15)11(16)7-8/h1-7,13H. The number of alkyl halides is 1. The van der Waals surface area contributed by atoms with Crippen LogP contribution in [0.3, 0.4) is 0 Å². The third-order valence-corrected chi connectivity index (χ3v) is 5.16. The summed E-state index contributed by atoms with van der Waals surface area (Å²) < 4.78 is 1.22. The van der Waals surface area contributed by atoms with Crippen LogP contribution in [0.15, 0.2) is 42.5 Å². The van der Waals surface area contributed by atoms with Crippen LogP contribution in [-0.4, -0.2) is 0 Å². The summed E-state index contributed by atoms with van der Waals surface area (Å²) in [6.07, 6.45) is 0. The molecule has 2 aromatic carbocycles. The van der Waals surface area contributed by atoms with Crippen LogP contribution in [0.2, 0.25) is 10.0 Å². The van der Waals surface area contributed by atoms with Gasteiger partial charge in [0.25, 0.3) is 0 Å². The Kier molecular flexibility index (Phi) is 4.75. The normalized spacial score (nSPS) is 12.5. The van der Waals surface area contributed by atoms with Crippen molar-refractivity contribution in [3.63, 3.8) is 0 Å². The molecule has 1 unspecified atom stereocenters. The van der Waals surface area contributed by atoms with Gasteiger partial charge >= 0.3 is 0 Å². The first-order chi connectivity index (χ1) is 8.09. The highest BCUT2D eigenvalue weighted by Gasteiger charge is 2.13. The van der Waals surface area contributed by atoms with Gasteiger partial charge in [-0.3, -0.25) is 0 Å². The highest BCUT2D eigenvalue weighted by atomic mass is 127. The molecule has 2 aromatic rings. The minimum absolute atomic E-state index is 0.130. The Labute approximate surface area is 133 Å². The fourth-order valence-electron chi connectivity index (χ4n) is 1.53. The summed E-state index contributed by atoms with van der Waals surface area (Å²) in [6.45, 7) is 0. The van der Waals surface area contributed by atoms with E-state index < -0.39 is 0 Å². The van der Waals surface area contributed by atoms with E-state index in [0.29, 0.717) is 10.0 Å². The Bertz CT molecular complexity index is 543. The van der Waals surface area contributed by atoms with Gasteiger partial charge in [-0.1, -0.05) is 63.4 Å². The molecule has 0 saturated heterocycles. The number of rotatable bonds is 2. The highest BCUT2D eigenvalue weighted by molar-refractivity contribution is 14.1. The van der Waals surface area contributed by atoms with Gasteiger partial charge in [0.2, 0.25) is 0 Å². The Hall–Kier alpha value is 0.230. The monoisotopic (exact) mass is 440 g/mol. The largest absolute Gasteiger partial charge is 0.0827 e. The fourth-order valence-corrected chi connectivity index (χ4v) is 3.65. The van der Waals surface area contributed by atoms with Gasteiger partial charge in [-0.05, 0) is 51.9 Å². The summed E-state index contributed by atoms with van der Waals surface area (Å²) >= 11 is 18.0. The predicted octanol–water partition coefficient (Wildman–Crippen LogP) is 6.08. The third kappa shape index (κ3) is 3.16. The van der Waals surface area contributed by atoms with Crippen molar-refractivity contribution in [2.45, 2.75) is 4.83 Å². The minimum atomic E-state index is 0.130. The molecule has 0 bridgehead atoms. The van der Waals surface area contributed by atoms with Gasteiger partial charge in [0.05, 0.1) is 14.9 Å². The van der Waals surface area contributed by atoms with Crippen LogP contribution in [0.1, 0.15) is 16.0 Å². The van der Waals surface area contributed by atoms with Crippen molar-refractivity contribution in [1.82, 2.24) is 0 Å². The first kappa shape index (κ1) is 13.7. The Balaban J connectivity index is 2.40. The van der Waals surface area contributed by atoms with Crippen LogP contribution >= 0.6 is 61.7 Å². The van der Waals surface area contributed by atoms with Crippen molar-refractivity contribution in [3.8, 4) is 0 Å². The topological polar surface area (TPSA) is 0 Å². The second-order valence-corrected chi connectivity index (χ2v) is 6.45. The minimum Gasteiger partial charge on any atom is -0.0827 e. The molecule has 0 amide bonds. The Morgan fingerprint density at radius 3 is 2.35 bits per heavy atom. The van der Waals surface area contributed by atoms with Crippen LogP contribution in [0.4, 0.5) is 0 Å². The molecule has 0 saturated carbocycles. The number of hydrogen-bond acceptors (Lipinski definition) is 0. The SMILES string of the molecule is Clc1ccc(C(Br)c2ccccc2I)cc1Cl. The van der Waals surface area contributed by atoms with Crippen molar-refractivity contribution in [2.24, 2.45) is 0 Å². The van der Waals surface area contributed by atoms with Crippen LogP contribution in [0.5, 0.6) is 0 Å². The zero-order valence-electron chi connectivity index (χ0n) is 8.63. The summed E-state index contributed by atoms with van der Waals surface area (Å²) in [5.41, 5.74) is 2.33. The first-order valence-corrected chi connectivity index (χ1v) is 7.68. The van der Waals surface area contributed by atoms with E-state index in [1.807, 2.05) is 30.3 Å². The van der Waals surface area contributed by atoms with Crippen molar-refractivity contribution >= 4 is 61.7 Å². The highest BCUT2D eigenvalue weighted by Crippen LogP contribution is 2.36. The molecular weight excluding hydrogens is 434 g/mol. The molecule has 88 valence electrons. The molecule has 0 aliphatic rings. The molecule has 4 heteroatoms. The smallest absolute Gasteiger partial charge is 0.0655 e. The average molecular weight is 442 g/mol. The zero-order chi connectivity index (χ0) is 12.4. The number of hydrogen-bond donors (Lipinski definition) is 0. The van der Waals surface area contributed by atoms with Crippen LogP contribution in [0.25, 0.3) is 0 Å². The molecule has 0 N–H and O–H groups in total. The van der Waals surface area contributed by atoms with E-state index in [2.05, 4.69) is 50.7 Å². The van der Waals surface area contributed by atoms with E-state index in [1.54, 1.807) is 0 Å². The summed E-state index contributed by atoms with van der Waals surface area (Å²) in [7, 11) is 0. The van der Waals surface area contributed by atoms with Crippen molar-refractivity contribution in [1.29, 1.82) is 0 Å². The van der Waals surface area contributed by atoms with E-state index in [0.717, 1.165) is 5.56 Å². The second-order valence-electron chi connectivity index (χ2n) is 3.56. The molecule has 1 atom stereocenters. The molecule has 0 heterocycles. The zero-order valence-corrected chi connectivity index (χ0v) is 13.9. The lowest BCUT2D eigenvalue weighted by Gasteiger charge is -2.13. The molecule has 2 rings (SSSR count). The van der Waals surface area contributed by atoms with E-state index >= 15 is 0 Å². The van der Waals surface area contributed by atoms with Crippen LogP contribution in [-0.2, 0) is 0 Å². The maximum absolute atomic E-state index is 6.03. The van der Waals surface area contributed by atoms with Gasteiger partial charge in [0.15, 0.2) is 0 Å². The molecule has 0 nitrogen and oxygen atoms in total. The van der Waals surface area contributed by atoms with Gasteiger partial charge in [0.1, 0.15) is 0 Å². The van der Waals surface area contributed by atoms with Crippen molar-refractivity contribution in [3.05, 3.63) is 67.2 Å². The lowest BCUT2D eigenvalue weighted by Crippen LogP contribution is -1.95. The van der Waals surface area contributed by atoms with Gasteiger partial charge in [0, 0.05) is 3.57 Å². The van der Waals surface area contributed by atoms with Gasteiger partial charge in [-0.25, -0.2) is 0 Å². The molecular formula is C13H8BrCl2I. The van der Waals surface area contributed by atoms with Crippen molar-refractivity contribution < 1.29 is 0 Å². The first-order valence-electron chi connectivity index (χ1n) is 4.93. The van der Waals surface area contributed by atoms with E-state index in [1.165, 1.54) is 9.13 Å². The summed E-state index contributed by atoms with van der Waals surface area (Å²) in [4.78, 5) is 0.130. The van der Waals surface area contributed by atoms with Crippen LogP contribution in [0, 0.1) is 3.57 Å². The third-order valence-electron chi connectivity index (χ3n) is 2.41. The Morgan fingerprint density at radius 2 is 1.71 bits per heavy atom. The predicted molar refractivity (Wildman–Crippen MR) is 86.4 cm³/mol. The fraction of sp³-hybridized carbons (Fsp3) is 0.0769. The average Bonchev–Trinajstić information content (AvgIpc) is 2.32. The lowest BCUT2D eigenvalue weighted by atomic mass is 10.1. The van der Waals surface area contributed by atoms with Gasteiger partial charge in [-0.2, -0.15) is 0 Å². The maximum Gasteiger partial charge on any atom is 0.0655 e. The molecule has 0 spiro atoms. The van der Waals surface area contributed by atoms with Crippen molar-refractivity contribution in [2.75, 3.05) is 0 Å². The number of halogens is 4. The molecule has 0 aliphatic carbocycles. The summed E-state index contributed by atoms with van der Waals surface area (Å²) in [6, 6.07) is 13.9. The van der Waals surface area contributed by atoms with Crippen LogP contribution < -0.4 is 0 Å². The molecule has 0 fully saturated rings. The summed E-state index contributed by atoms with van der Waals surface area (Å²) in [5, 5.41) is 1.16. The molecule has 17 heavy (non-hydrogen) atoms. The van der Waals surface area contributed by atoms with Gasteiger partial charge in [-0.15, -0.1) is 0 Å². The maximum atomic E-state index is 6.03. The quantitative estimate of drug-likeness (QED) is 0.391. The summed E-state index contributed by atoms with van der Waals surface area (Å²) in [5.74, 6) is 0. The van der Waals surface area contributed by atoms with E-state index in [9.17, 15) is 0 Å². The molecule has 0 aliphatic heterocycles. The van der Waals surface area contributed by atoms with Gasteiger partial charge < -0.3 is 0 Å². The Morgan fingerprint density at radius 1 is 1.00 bits per heavy atom. The van der Waals surface area contributed by atoms with E-state index in [-0.39, 0.29) is 4.83 Å². The lowest BCUT2D eigenvalue weighted by molar-refractivity contribution is 1.16.